The van der Waals surface area contributed by atoms with E-state index in [-0.39, 0.29) is 54.8 Å². The topological polar surface area (TPSA) is 116 Å². The molecule has 1 N–H and O–H groups in total. The van der Waals surface area contributed by atoms with Crippen molar-refractivity contribution in [2.45, 2.75) is 29.8 Å². The van der Waals surface area contributed by atoms with Gasteiger partial charge >= 0.3 is 6.09 Å². The molecule has 2 atom stereocenters. The van der Waals surface area contributed by atoms with E-state index in [9.17, 15) is 23.1 Å². The Labute approximate surface area is 250 Å². The maximum absolute atomic E-state index is 14.3. The van der Waals surface area contributed by atoms with Crippen molar-refractivity contribution in [1.29, 1.82) is 0 Å². The minimum atomic E-state index is -3.66. The number of hydrogen-bond acceptors (Lipinski definition) is 5. The smallest absolute Gasteiger partial charge is 0.407 e. The number of imidazole rings is 1. The Morgan fingerprint density at radius 2 is 1.49 bits per heavy atom. The number of amides is 2. The van der Waals surface area contributed by atoms with Gasteiger partial charge in [0, 0.05) is 38.3 Å². The molecule has 0 bridgehead atoms. The number of hydrogen-bond donors (Lipinski definition) is 1. The number of aromatic nitrogens is 2. The van der Waals surface area contributed by atoms with Gasteiger partial charge in [-0.2, -0.15) is 4.31 Å². The monoisotopic (exact) mass is 599 g/mol. The molecule has 3 heterocycles. The van der Waals surface area contributed by atoms with Crippen molar-refractivity contribution >= 4 is 22.0 Å². The predicted octanol–water partition coefficient (Wildman–Crippen LogP) is 4.23. The lowest BCUT2D eigenvalue weighted by Gasteiger charge is -2.40. The average molecular weight is 600 g/mol. The van der Waals surface area contributed by atoms with Crippen molar-refractivity contribution in [2.24, 2.45) is 0 Å². The van der Waals surface area contributed by atoms with E-state index < -0.39 is 16.1 Å². The van der Waals surface area contributed by atoms with Crippen molar-refractivity contribution in [2.75, 3.05) is 32.7 Å². The molecule has 2 fully saturated rings. The summed E-state index contributed by atoms with van der Waals surface area (Å²) in [7, 11) is -3.66. The molecule has 3 aromatic carbocycles. The largest absolute Gasteiger partial charge is 0.465 e. The van der Waals surface area contributed by atoms with Gasteiger partial charge in [-0.05, 0) is 30.5 Å². The summed E-state index contributed by atoms with van der Waals surface area (Å²) in [5.74, 6) is -0.268. The van der Waals surface area contributed by atoms with Crippen LogP contribution in [0.5, 0.6) is 0 Å². The van der Waals surface area contributed by atoms with Gasteiger partial charge in [-0.25, -0.2) is 18.2 Å². The van der Waals surface area contributed by atoms with E-state index >= 15 is 0 Å². The van der Waals surface area contributed by atoms with Crippen molar-refractivity contribution in [3.05, 3.63) is 109 Å². The van der Waals surface area contributed by atoms with Gasteiger partial charge in [0.15, 0.2) is 5.69 Å². The van der Waals surface area contributed by atoms with E-state index in [1.165, 1.54) is 9.21 Å². The molecule has 4 aromatic rings. The van der Waals surface area contributed by atoms with E-state index in [0.717, 1.165) is 11.1 Å². The van der Waals surface area contributed by atoms with Crippen LogP contribution in [0, 0.1) is 0 Å². The second-order valence-electron chi connectivity index (χ2n) is 10.9. The van der Waals surface area contributed by atoms with Gasteiger partial charge in [-0.15, -0.1) is 0 Å². The lowest BCUT2D eigenvalue weighted by Crippen LogP contribution is -2.57. The first-order valence-electron chi connectivity index (χ1n) is 14.3. The van der Waals surface area contributed by atoms with Gasteiger partial charge < -0.3 is 19.5 Å². The highest BCUT2D eigenvalue weighted by Gasteiger charge is 2.38. The molecular formula is C32H33N5O5S. The number of carboxylic acid groups (broad SMARTS) is 1. The van der Waals surface area contributed by atoms with Crippen molar-refractivity contribution in [3.8, 4) is 11.3 Å². The number of rotatable bonds is 7. The van der Waals surface area contributed by atoms with Gasteiger partial charge in [-0.3, -0.25) is 4.79 Å². The number of carbonyl (C=O) groups excluding carboxylic acids is 1. The Balaban J connectivity index is 1.33. The second kappa shape index (κ2) is 12.0. The zero-order valence-electron chi connectivity index (χ0n) is 23.6. The molecule has 10 nitrogen and oxygen atoms in total. The standard InChI is InChI=1S/C32H33N5O5S/c38-31(36-19-18-34(32(39)40)21-27(36)20-24-10-4-1-5-11-24)29-30(25-12-6-2-7-13-25)37(23-33-29)26-16-17-35(22-26)43(41,42)28-14-8-3-9-15-28/h1-15,23,26-27H,16-22H2,(H,39,40)/t26?,27-/m1/s1. The first-order chi connectivity index (χ1) is 20.8. The Kier molecular flexibility index (Phi) is 8.00. The van der Waals surface area contributed by atoms with Crippen LogP contribution in [-0.4, -0.2) is 87.9 Å². The maximum atomic E-state index is 14.3. The van der Waals surface area contributed by atoms with Gasteiger partial charge in [0.2, 0.25) is 10.0 Å². The van der Waals surface area contributed by atoms with Crippen molar-refractivity contribution in [1.82, 2.24) is 23.7 Å². The van der Waals surface area contributed by atoms with Gasteiger partial charge in [0.05, 0.1) is 29.0 Å². The molecule has 0 aliphatic carbocycles. The third-order valence-electron chi connectivity index (χ3n) is 8.27. The fourth-order valence-electron chi connectivity index (χ4n) is 6.07. The fourth-order valence-corrected chi connectivity index (χ4v) is 7.58. The first kappa shape index (κ1) is 28.6. The summed E-state index contributed by atoms with van der Waals surface area (Å²) in [4.78, 5) is 34.1. The molecular weight excluding hydrogens is 566 g/mol. The number of piperazine rings is 1. The highest BCUT2D eigenvalue weighted by Crippen LogP contribution is 2.34. The molecule has 11 heteroatoms. The Morgan fingerprint density at radius 1 is 0.837 bits per heavy atom. The second-order valence-corrected chi connectivity index (χ2v) is 12.8. The SMILES string of the molecule is O=C(O)N1CCN(C(=O)c2ncn(C3CCN(S(=O)(=O)c4ccccc4)C3)c2-c2ccccc2)[C@H](Cc2ccccc2)C1. The van der Waals surface area contributed by atoms with Crippen LogP contribution in [0.15, 0.2) is 102 Å². The molecule has 2 saturated heterocycles. The normalized spacial score (nSPS) is 19.4. The summed E-state index contributed by atoms with van der Waals surface area (Å²) in [6.07, 6.45) is 1.71. The van der Waals surface area contributed by atoms with E-state index in [1.807, 2.05) is 65.2 Å². The summed E-state index contributed by atoms with van der Waals surface area (Å²) < 4.78 is 30.1. The van der Waals surface area contributed by atoms with Gasteiger partial charge in [0.1, 0.15) is 0 Å². The molecule has 0 spiro atoms. The van der Waals surface area contributed by atoms with Crippen molar-refractivity contribution < 1.29 is 23.1 Å². The molecule has 43 heavy (non-hydrogen) atoms. The van der Waals surface area contributed by atoms with Crippen LogP contribution in [0.4, 0.5) is 4.79 Å². The molecule has 2 aliphatic rings. The third kappa shape index (κ3) is 5.78. The zero-order chi connectivity index (χ0) is 30.0. The Bertz CT molecular complexity index is 1700. The highest BCUT2D eigenvalue weighted by molar-refractivity contribution is 7.89. The molecule has 2 aliphatic heterocycles. The lowest BCUT2D eigenvalue weighted by molar-refractivity contribution is 0.0447. The van der Waals surface area contributed by atoms with Crippen LogP contribution in [0.1, 0.15) is 28.5 Å². The number of sulfonamides is 1. The zero-order valence-corrected chi connectivity index (χ0v) is 24.4. The van der Waals surface area contributed by atoms with Crippen LogP contribution in [0.25, 0.3) is 11.3 Å². The van der Waals surface area contributed by atoms with E-state index in [4.69, 9.17) is 0 Å². The molecule has 0 saturated carbocycles. The highest BCUT2D eigenvalue weighted by atomic mass is 32.2. The maximum Gasteiger partial charge on any atom is 0.407 e. The van der Waals surface area contributed by atoms with Crippen molar-refractivity contribution in [3.63, 3.8) is 0 Å². The summed E-state index contributed by atoms with van der Waals surface area (Å²) in [6, 6.07) is 27.1. The van der Waals surface area contributed by atoms with Crippen LogP contribution < -0.4 is 0 Å². The van der Waals surface area contributed by atoms with Crippen LogP contribution in [-0.2, 0) is 16.4 Å². The number of benzene rings is 3. The van der Waals surface area contributed by atoms with Gasteiger partial charge in [-0.1, -0.05) is 78.9 Å². The molecule has 1 unspecified atom stereocenters. The van der Waals surface area contributed by atoms with Crippen LogP contribution >= 0.6 is 0 Å². The molecule has 1 aromatic heterocycles. The Morgan fingerprint density at radius 3 is 2.16 bits per heavy atom. The Hall–Kier alpha value is -4.48. The van der Waals surface area contributed by atoms with E-state index in [0.29, 0.717) is 25.1 Å². The minimum Gasteiger partial charge on any atom is -0.465 e. The molecule has 2 amide bonds. The lowest BCUT2D eigenvalue weighted by atomic mass is 10.0. The first-order valence-corrected chi connectivity index (χ1v) is 15.8. The summed E-state index contributed by atoms with van der Waals surface area (Å²) in [5.41, 5.74) is 2.72. The third-order valence-corrected chi connectivity index (χ3v) is 10.2. The fraction of sp³-hybridized carbons (Fsp3) is 0.281. The molecule has 222 valence electrons. The molecule has 6 rings (SSSR count). The summed E-state index contributed by atoms with van der Waals surface area (Å²) >= 11 is 0. The van der Waals surface area contributed by atoms with Crippen LogP contribution in [0.3, 0.4) is 0 Å². The quantitative estimate of drug-likeness (QED) is 0.340. The predicted molar refractivity (Wildman–Crippen MR) is 161 cm³/mol. The van der Waals surface area contributed by atoms with Gasteiger partial charge in [0.25, 0.3) is 5.91 Å². The number of nitrogens with zero attached hydrogens (tertiary/aromatic N) is 5. The summed E-state index contributed by atoms with van der Waals surface area (Å²) in [6.45, 7) is 1.27. The number of carbonyl (C=O) groups is 2. The molecule has 0 radical (unpaired) electrons. The minimum absolute atomic E-state index is 0.201. The van der Waals surface area contributed by atoms with Crippen LogP contribution in [0.2, 0.25) is 0 Å². The average Bonchev–Trinajstić information content (AvgIpc) is 3.71. The summed E-state index contributed by atoms with van der Waals surface area (Å²) in [5, 5.41) is 9.69. The van der Waals surface area contributed by atoms with E-state index in [2.05, 4.69) is 4.98 Å². The van der Waals surface area contributed by atoms with E-state index in [1.54, 1.807) is 41.6 Å².